The normalized spacial score (nSPS) is 26.3. The Balaban J connectivity index is 1.58. The molecule has 0 bridgehead atoms. The maximum Gasteiger partial charge on any atom is 0.216 e. The van der Waals surface area contributed by atoms with E-state index in [2.05, 4.69) is 29.7 Å². The number of pyridine rings is 1. The number of nitrogens with zero attached hydrogens (tertiary/aromatic N) is 1. The van der Waals surface area contributed by atoms with Crippen molar-refractivity contribution < 1.29 is 14.7 Å². The Morgan fingerprint density at radius 3 is 2.56 bits per heavy atom. The SMILES string of the molecule is [2H]C1(c2c(F)ccc3c2oc2c(-c4cccc[n+]4C)c(C)ccc23)CCC2CCCCC2C1. The minimum Gasteiger partial charge on any atom is -0.455 e. The first-order valence-corrected chi connectivity index (χ1v) is 12.1. The zero-order valence-corrected chi connectivity index (χ0v) is 19.0. The van der Waals surface area contributed by atoms with Gasteiger partial charge in [0.05, 0.1) is 5.56 Å². The third kappa shape index (κ3) is 3.09. The van der Waals surface area contributed by atoms with Crippen LogP contribution in [0.25, 0.3) is 33.2 Å². The molecule has 2 aromatic heterocycles. The van der Waals surface area contributed by atoms with Crippen LogP contribution in [-0.4, -0.2) is 0 Å². The molecule has 2 aromatic carbocycles. The lowest BCUT2D eigenvalue weighted by Gasteiger charge is -2.39. The summed E-state index contributed by atoms with van der Waals surface area (Å²) in [7, 11) is 2.03. The maximum atomic E-state index is 15.5. The predicted octanol–water partition coefficient (Wildman–Crippen LogP) is 7.60. The second kappa shape index (κ2) is 7.72. The van der Waals surface area contributed by atoms with Crippen LogP contribution in [0.15, 0.2) is 53.1 Å². The minimum atomic E-state index is -0.928. The second-order valence-electron chi connectivity index (χ2n) is 9.88. The summed E-state index contributed by atoms with van der Waals surface area (Å²) >= 11 is 0. The molecule has 0 saturated heterocycles. The number of fused-ring (bicyclic) bond motifs is 4. The molecule has 6 rings (SSSR count). The molecular formula is C29H31FNO+. The van der Waals surface area contributed by atoms with E-state index in [-0.39, 0.29) is 5.82 Å². The van der Waals surface area contributed by atoms with Gasteiger partial charge in [0, 0.05) is 29.8 Å². The van der Waals surface area contributed by atoms with Crippen molar-refractivity contribution >= 4 is 21.9 Å². The summed E-state index contributed by atoms with van der Waals surface area (Å²) in [6.45, 7) is 2.09. The monoisotopic (exact) mass is 429 g/mol. The van der Waals surface area contributed by atoms with Gasteiger partial charge in [-0.1, -0.05) is 37.8 Å². The summed E-state index contributed by atoms with van der Waals surface area (Å²) in [6.07, 6.45) is 9.50. The molecule has 3 atom stereocenters. The molecular weight excluding hydrogens is 397 g/mol. The predicted molar refractivity (Wildman–Crippen MR) is 127 cm³/mol. The fraction of sp³-hybridized carbons (Fsp3) is 0.414. The van der Waals surface area contributed by atoms with Crippen molar-refractivity contribution in [3.8, 4) is 11.3 Å². The standard InChI is InChI=1S/C29H31FNO/c1-18-10-13-22-23-14-15-24(30)27(21-12-11-19-7-3-4-8-20(19)17-21)29(23)32-28(22)26(18)25-9-5-6-16-31(25)2/h5-6,9-10,13-16,19-21H,3-4,7-8,11-12,17H2,1-2H3/q+1/i21D. The molecule has 2 fully saturated rings. The summed E-state index contributed by atoms with van der Waals surface area (Å²) < 4.78 is 33.6. The van der Waals surface area contributed by atoms with Gasteiger partial charge in [-0.05, 0) is 67.7 Å². The number of benzene rings is 2. The molecule has 3 unspecified atom stereocenters. The van der Waals surface area contributed by atoms with Crippen molar-refractivity contribution in [3.63, 3.8) is 0 Å². The molecule has 2 nitrogen and oxygen atoms in total. The molecule has 2 aliphatic rings. The molecule has 2 aliphatic carbocycles. The van der Waals surface area contributed by atoms with Crippen LogP contribution in [0.1, 0.15) is 63.3 Å². The molecule has 0 spiro atoms. The van der Waals surface area contributed by atoms with Crippen LogP contribution in [0.3, 0.4) is 0 Å². The van der Waals surface area contributed by atoms with Crippen molar-refractivity contribution in [2.24, 2.45) is 18.9 Å². The van der Waals surface area contributed by atoms with E-state index in [9.17, 15) is 1.37 Å². The van der Waals surface area contributed by atoms with Crippen LogP contribution < -0.4 is 4.57 Å². The highest BCUT2D eigenvalue weighted by molar-refractivity contribution is 6.10. The lowest BCUT2D eigenvalue weighted by atomic mass is 9.66. The molecule has 164 valence electrons. The van der Waals surface area contributed by atoms with Gasteiger partial charge in [0.15, 0.2) is 6.20 Å². The number of rotatable bonds is 2. The number of aromatic nitrogens is 1. The van der Waals surface area contributed by atoms with Gasteiger partial charge in [0.2, 0.25) is 5.69 Å². The Labute approximate surface area is 190 Å². The number of halogens is 1. The Kier molecular flexibility index (Phi) is 4.55. The first-order valence-electron chi connectivity index (χ1n) is 12.6. The molecule has 0 radical (unpaired) electrons. The Morgan fingerprint density at radius 2 is 1.72 bits per heavy atom. The molecule has 0 amide bonds. The first-order chi connectivity index (χ1) is 16.0. The van der Waals surface area contributed by atoms with E-state index in [0.717, 1.165) is 46.0 Å². The van der Waals surface area contributed by atoms with Crippen molar-refractivity contribution in [2.75, 3.05) is 0 Å². The summed E-state index contributed by atoms with van der Waals surface area (Å²) in [5, 5.41) is 1.91. The topological polar surface area (TPSA) is 17.0 Å². The lowest BCUT2D eigenvalue weighted by Crippen LogP contribution is -2.30. The van der Waals surface area contributed by atoms with Crippen LogP contribution >= 0.6 is 0 Å². The number of hydrogen-bond acceptors (Lipinski definition) is 1. The summed E-state index contributed by atoms with van der Waals surface area (Å²) in [6, 6.07) is 13.7. The molecule has 32 heavy (non-hydrogen) atoms. The van der Waals surface area contributed by atoms with Gasteiger partial charge < -0.3 is 4.42 Å². The van der Waals surface area contributed by atoms with E-state index in [0.29, 0.717) is 29.4 Å². The Morgan fingerprint density at radius 1 is 0.938 bits per heavy atom. The molecule has 3 heteroatoms. The van der Waals surface area contributed by atoms with Crippen molar-refractivity contribution in [1.29, 1.82) is 0 Å². The summed E-state index contributed by atoms with van der Waals surface area (Å²) in [5.74, 6) is 0.0184. The second-order valence-corrected chi connectivity index (χ2v) is 9.88. The van der Waals surface area contributed by atoms with E-state index in [4.69, 9.17) is 4.42 Å². The zero-order valence-electron chi connectivity index (χ0n) is 20.0. The van der Waals surface area contributed by atoms with Crippen LogP contribution in [0, 0.1) is 24.6 Å². The van der Waals surface area contributed by atoms with Gasteiger partial charge >= 0.3 is 0 Å². The van der Waals surface area contributed by atoms with Crippen LogP contribution in [-0.2, 0) is 7.05 Å². The quantitative estimate of drug-likeness (QED) is 0.300. The number of hydrogen-bond donors (Lipinski definition) is 0. The van der Waals surface area contributed by atoms with Gasteiger partial charge in [0.25, 0.3) is 0 Å². The third-order valence-electron chi connectivity index (χ3n) is 8.02. The van der Waals surface area contributed by atoms with Crippen LogP contribution in [0.5, 0.6) is 0 Å². The number of aryl methyl sites for hydroxylation is 2. The van der Waals surface area contributed by atoms with Gasteiger partial charge in [-0.3, -0.25) is 0 Å². The molecule has 0 N–H and O–H groups in total. The van der Waals surface area contributed by atoms with Gasteiger partial charge in [0.1, 0.15) is 24.0 Å². The van der Waals surface area contributed by atoms with Crippen molar-refractivity contribution in [3.05, 3.63) is 65.6 Å². The van der Waals surface area contributed by atoms with Crippen molar-refractivity contribution in [1.82, 2.24) is 0 Å². The minimum absolute atomic E-state index is 0.297. The Hall–Kier alpha value is -2.68. The van der Waals surface area contributed by atoms with Gasteiger partial charge in [-0.25, -0.2) is 8.96 Å². The fourth-order valence-corrected chi connectivity index (χ4v) is 6.35. The third-order valence-corrected chi connectivity index (χ3v) is 8.02. The smallest absolute Gasteiger partial charge is 0.216 e. The van der Waals surface area contributed by atoms with E-state index >= 15 is 4.39 Å². The Bertz CT molecular complexity index is 1380. The highest BCUT2D eigenvalue weighted by Crippen LogP contribution is 2.49. The summed E-state index contributed by atoms with van der Waals surface area (Å²) in [4.78, 5) is 0. The zero-order chi connectivity index (χ0) is 22.7. The molecule has 2 saturated carbocycles. The summed E-state index contributed by atoms with van der Waals surface area (Å²) in [5.41, 5.74) is 5.04. The fourth-order valence-electron chi connectivity index (χ4n) is 6.35. The number of furan rings is 1. The van der Waals surface area contributed by atoms with Gasteiger partial charge in [-0.15, -0.1) is 0 Å². The van der Waals surface area contributed by atoms with E-state index < -0.39 is 5.89 Å². The van der Waals surface area contributed by atoms with Crippen LogP contribution in [0.4, 0.5) is 4.39 Å². The largest absolute Gasteiger partial charge is 0.455 e. The average molecular weight is 430 g/mol. The van der Waals surface area contributed by atoms with Crippen LogP contribution in [0.2, 0.25) is 0 Å². The highest BCUT2D eigenvalue weighted by atomic mass is 19.1. The molecule has 4 aromatic rings. The average Bonchev–Trinajstić information content (AvgIpc) is 3.17. The lowest BCUT2D eigenvalue weighted by molar-refractivity contribution is -0.660. The molecule has 0 aliphatic heterocycles. The first kappa shape index (κ1) is 18.8. The van der Waals surface area contributed by atoms with E-state index in [1.165, 1.54) is 25.7 Å². The van der Waals surface area contributed by atoms with Crippen molar-refractivity contribution in [2.45, 2.75) is 57.8 Å². The molecule has 2 heterocycles. The maximum absolute atomic E-state index is 15.5. The highest BCUT2D eigenvalue weighted by Gasteiger charge is 2.35. The van der Waals surface area contributed by atoms with Gasteiger partial charge in [-0.2, -0.15) is 0 Å². The van der Waals surface area contributed by atoms with E-state index in [1.807, 2.05) is 31.4 Å². The van der Waals surface area contributed by atoms with E-state index in [1.54, 1.807) is 6.07 Å².